The molecule has 1 aromatic carbocycles. The molecule has 0 radical (unpaired) electrons. The van der Waals surface area contributed by atoms with Crippen molar-refractivity contribution in [2.24, 2.45) is 5.73 Å². The van der Waals surface area contributed by atoms with Gasteiger partial charge >= 0.3 is 0 Å². The summed E-state index contributed by atoms with van der Waals surface area (Å²) < 4.78 is 0. The van der Waals surface area contributed by atoms with Gasteiger partial charge in [-0.05, 0) is 57.3 Å². The van der Waals surface area contributed by atoms with E-state index in [4.69, 9.17) is 5.73 Å². The Morgan fingerprint density at radius 2 is 1.74 bits per heavy atom. The molecule has 2 nitrogen and oxygen atoms in total. The van der Waals surface area contributed by atoms with E-state index >= 15 is 0 Å². The average molecular weight is 260 g/mol. The standard InChI is InChI=1S/C17H28N2/c1-4-7-14-8-10-15(11-9-14)16(18)17(2,3)19-12-5-6-13-19/h8-11,16H,4-7,12-13,18H2,1-3H3. The maximum Gasteiger partial charge on any atom is 0.0476 e. The molecule has 1 saturated heterocycles. The summed E-state index contributed by atoms with van der Waals surface area (Å²) in [6.45, 7) is 9.16. The van der Waals surface area contributed by atoms with Crippen molar-refractivity contribution < 1.29 is 0 Å². The highest BCUT2D eigenvalue weighted by Crippen LogP contribution is 2.31. The molecule has 1 unspecified atom stereocenters. The van der Waals surface area contributed by atoms with Crippen LogP contribution < -0.4 is 5.73 Å². The van der Waals surface area contributed by atoms with Gasteiger partial charge in [-0.2, -0.15) is 0 Å². The van der Waals surface area contributed by atoms with E-state index in [1.54, 1.807) is 0 Å². The minimum absolute atomic E-state index is 0.0444. The van der Waals surface area contributed by atoms with Crippen LogP contribution >= 0.6 is 0 Å². The monoisotopic (exact) mass is 260 g/mol. The van der Waals surface area contributed by atoms with E-state index in [1.807, 2.05) is 0 Å². The molecule has 19 heavy (non-hydrogen) atoms. The fourth-order valence-corrected chi connectivity index (χ4v) is 3.08. The van der Waals surface area contributed by atoms with Crippen LogP contribution in [0, 0.1) is 0 Å². The van der Waals surface area contributed by atoms with Crippen LogP contribution in [0.3, 0.4) is 0 Å². The fourth-order valence-electron chi connectivity index (χ4n) is 3.08. The lowest BCUT2D eigenvalue weighted by Gasteiger charge is -2.40. The van der Waals surface area contributed by atoms with E-state index in [9.17, 15) is 0 Å². The van der Waals surface area contributed by atoms with Gasteiger partial charge in [-0.15, -0.1) is 0 Å². The number of nitrogens with two attached hydrogens (primary N) is 1. The van der Waals surface area contributed by atoms with Gasteiger partial charge in [0.2, 0.25) is 0 Å². The van der Waals surface area contributed by atoms with Gasteiger partial charge in [0.15, 0.2) is 0 Å². The molecule has 0 aliphatic carbocycles. The molecule has 1 heterocycles. The molecule has 2 rings (SSSR count). The Hall–Kier alpha value is -0.860. The summed E-state index contributed by atoms with van der Waals surface area (Å²) in [6, 6.07) is 8.99. The van der Waals surface area contributed by atoms with Gasteiger partial charge in [-0.1, -0.05) is 37.6 Å². The third-order valence-electron chi connectivity index (χ3n) is 4.56. The predicted octanol–water partition coefficient (Wildman–Crippen LogP) is 3.51. The molecule has 2 N–H and O–H groups in total. The van der Waals surface area contributed by atoms with Crippen LogP contribution in [0.5, 0.6) is 0 Å². The molecule has 0 bridgehead atoms. The van der Waals surface area contributed by atoms with Crippen molar-refractivity contribution in [1.82, 2.24) is 4.90 Å². The second kappa shape index (κ2) is 6.06. The Morgan fingerprint density at radius 3 is 2.26 bits per heavy atom. The molecule has 0 spiro atoms. The Morgan fingerprint density at radius 1 is 1.16 bits per heavy atom. The van der Waals surface area contributed by atoms with E-state index in [-0.39, 0.29) is 11.6 Å². The normalized spacial score (nSPS) is 18.7. The minimum atomic E-state index is 0.0444. The van der Waals surface area contributed by atoms with Gasteiger partial charge < -0.3 is 5.73 Å². The van der Waals surface area contributed by atoms with E-state index < -0.39 is 0 Å². The van der Waals surface area contributed by atoms with Gasteiger partial charge in [-0.25, -0.2) is 0 Å². The number of hydrogen-bond donors (Lipinski definition) is 1. The molecule has 1 atom stereocenters. The zero-order valence-corrected chi connectivity index (χ0v) is 12.7. The summed E-state index contributed by atoms with van der Waals surface area (Å²) in [5.41, 5.74) is 9.25. The van der Waals surface area contributed by atoms with Crippen LogP contribution in [-0.2, 0) is 6.42 Å². The van der Waals surface area contributed by atoms with Crippen molar-refractivity contribution in [3.8, 4) is 0 Å². The van der Waals surface area contributed by atoms with Crippen LogP contribution in [0.4, 0.5) is 0 Å². The molecule has 0 amide bonds. The second-order valence-electron chi connectivity index (χ2n) is 6.32. The molecule has 1 aromatic rings. The highest BCUT2D eigenvalue weighted by Gasteiger charge is 2.35. The second-order valence-corrected chi connectivity index (χ2v) is 6.32. The average Bonchev–Trinajstić information content (AvgIpc) is 2.94. The van der Waals surface area contributed by atoms with E-state index in [2.05, 4.69) is 49.9 Å². The van der Waals surface area contributed by atoms with E-state index in [0.717, 1.165) is 6.42 Å². The maximum absolute atomic E-state index is 6.53. The smallest absolute Gasteiger partial charge is 0.0476 e. The van der Waals surface area contributed by atoms with Crippen molar-refractivity contribution in [2.45, 2.75) is 58.0 Å². The Bertz CT molecular complexity index is 388. The molecular weight excluding hydrogens is 232 g/mol. The predicted molar refractivity (Wildman–Crippen MR) is 82.3 cm³/mol. The van der Waals surface area contributed by atoms with E-state index in [1.165, 1.54) is 43.5 Å². The minimum Gasteiger partial charge on any atom is -0.322 e. The first-order valence-electron chi connectivity index (χ1n) is 7.65. The zero-order chi connectivity index (χ0) is 13.9. The molecule has 0 saturated carbocycles. The fraction of sp³-hybridized carbons (Fsp3) is 0.647. The lowest BCUT2D eigenvalue weighted by atomic mass is 9.87. The van der Waals surface area contributed by atoms with Gasteiger partial charge in [-0.3, -0.25) is 4.90 Å². The Kier molecular flexibility index (Phi) is 4.64. The summed E-state index contributed by atoms with van der Waals surface area (Å²) >= 11 is 0. The van der Waals surface area contributed by atoms with Gasteiger partial charge in [0, 0.05) is 11.6 Å². The van der Waals surface area contributed by atoms with Crippen molar-refractivity contribution in [2.75, 3.05) is 13.1 Å². The van der Waals surface area contributed by atoms with Crippen LogP contribution in [0.2, 0.25) is 0 Å². The highest BCUT2D eigenvalue weighted by atomic mass is 15.2. The van der Waals surface area contributed by atoms with Crippen LogP contribution in [0.15, 0.2) is 24.3 Å². The molecular formula is C17H28N2. The quantitative estimate of drug-likeness (QED) is 0.878. The van der Waals surface area contributed by atoms with Crippen molar-refractivity contribution in [3.05, 3.63) is 35.4 Å². The van der Waals surface area contributed by atoms with Gasteiger partial charge in [0.05, 0.1) is 0 Å². The summed E-state index contributed by atoms with van der Waals surface area (Å²) in [6.07, 6.45) is 4.98. The number of benzene rings is 1. The molecule has 0 aromatic heterocycles. The topological polar surface area (TPSA) is 29.3 Å². The van der Waals surface area contributed by atoms with Crippen molar-refractivity contribution in [3.63, 3.8) is 0 Å². The first kappa shape index (κ1) is 14.5. The first-order chi connectivity index (χ1) is 9.05. The SMILES string of the molecule is CCCc1ccc(C(N)C(C)(C)N2CCCC2)cc1. The third-order valence-corrected chi connectivity index (χ3v) is 4.56. The molecule has 1 aliphatic rings. The van der Waals surface area contributed by atoms with Gasteiger partial charge in [0.25, 0.3) is 0 Å². The molecule has 1 aliphatic heterocycles. The van der Waals surface area contributed by atoms with Crippen LogP contribution in [0.25, 0.3) is 0 Å². The van der Waals surface area contributed by atoms with Gasteiger partial charge in [0.1, 0.15) is 0 Å². The lowest BCUT2D eigenvalue weighted by molar-refractivity contribution is 0.124. The lowest BCUT2D eigenvalue weighted by Crippen LogP contribution is -2.49. The number of rotatable bonds is 5. The first-order valence-corrected chi connectivity index (χ1v) is 7.65. The number of likely N-dealkylation sites (tertiary alicyclic amines) is 1. The number of nitrogens with zero attached hydrogens (tertiary/aromatic N) is 1. The largest absolute Gasteiger partial charge is 0.322 e. The molecule has 106 valence electrons. The summed E-state index contributed by atoms with van der Waals surface area (Å²) in [7, 11) is 0. The number of hydrogen-bond acceptors (Lipinski definition) is 2. The van der Waals surface area contributed by atoms with Crippen molar-refractivity contribution >= 4 is 0 Å². The Labute approximate surface area is 118 Å². The van der Waals surface area contributed by atoms with E-state index in [0.29, 0.717) is 0 Å². The molecule has 1 fully saturated rings. The zero-order valence-electron chi connectivity index (χ0n) is 12.7. The summed E-state index contributed by atoms with van der Waals surface area (Å²) in [5, 5.41) is 0. The van der Waals surface area contributed by atoms with Crippen LogP contribution in [-0.4, -0.2) is 23.5 Å². The summed E-state index contributed by atoms with van der Waals surface area (Å²) in [4.78, 5) is 2.54. The summed E-state index contributed by atoms with van der Waals surface area (Å²) in [5.74, 6) is 0. The van der Waals surface area contributed by atoms with Crippen molar-refractivity contribution in [1.29, 1.82) is 0 Å². The van der Waals surface area contributed by atoms with Crippen LogP contribution in [0.1, 0.15) is 57.2 Å². The third kappa shape index (κ3) is 3.18. The molecule has 2 heteroatoms. The maximum atomic E-state index is 6.53. The number of aryl methyl sites for hydroxylation is 1. The highest BCUT2D eigenvalue weighted by molar-refractivity contribution is 5.27. The Balaban J connectivity index is 2.11.